The molecule has 1 aromatic heterocycles. The Kier molecular flexibility index (Phi) is 5.64. The summed E-state index contributed by atoms with van der Waals surface area (Å²) in [5, 5.41) is 4.04. The smallest absolute Gasteiger partial charge is 0.147 e. The van der Waals surface area contributed by atoms with Crippen molar-refractivity contribution in [2.75, 3.05) is 38.6 Å². The van der Waals surface area contributed by atoms with E-state index < -0.39 is 0 Å². The Balaban J connectivity index is 2.07. The van der Waals surface area contributed by atoms with Gasteiger partial charge in [-0.1, -0.05) is 18.5 Å². The lowest BCUT2D eigenvalue weighted by atomic mass is 10.1. The van der Waals surface area contributed by atoms with Gasteiger partial charge in [0.2, 0.25) is 0 Å². The number of hydrogen-bond acceptors (Lipinski definition) is 4. The van der Waals surface area contributed by atoms with E-state index in [0.29, 0.717) is 6.04 Å². The zero-order valence-corrected chi connectivity index (χ0v) is 13.5. The molecule has 20 heavy (non-hydrogen) atoms. The highest BCUT2D eigenvalue weighted by Gasteiger charge is 2.23. The second-order valence-electron chi connectivity index (χ2n) is 5.60. The lowest BCUT2D eigenvalue weighted by Crippen LogP contribution is -2.45. The minimum Gasteiger partial charge on any atom is -0.354 e. The molecular weight excluding hydrogens is 272 g/mol. The van der Waals surface area contributed by atoms with Crippen LogP contribution in [0.15, 0.2) is 12.3 Å². The fraction of sp³-hybridized carbons (Fsp3) is 0.667. The average molecular weight is 297 g/mol. The van der Waals surface area contributed by atoms with Crippen LogP contribution in [0.4, 0.5) is 5.82 Å². The first-order chi connectivity index (χ1) is 9.61. The maximum absolute atomic E-state index is 6.41. The molecule has 1 aromatic rings. The molecule has 0 aromatic carbocycles. The van der Waals surface area contributed by atoms with Crippen LogP contribution >= 0.6 is 11.6 Å². The van der Waals surface area contributed by atoms with Crippen LogP contribution in [0.1, 0.15) is 25.3 Å². The number of likely N-dealkylation sites (N-methyl/N-ethyl adjacent to an activating group) is 2. The van der Waals surface area contributed by atoms with Gasteiger partial charge in [0.05, 0.1) is 5.02 Å². The first kappa shape index (κ1) is 15.5. The number of nitrogens with zero attached hydrogens (tertiary/aromatic N) is 3. The minimum absolute atomic E-state index is 0.498. The summed E-state index contributed by atoms with van der Waals surface area (Å²) in [5.74, 6) is 0.896. The van der Waals surface area contributed by atoms with Crippen molar-refractivity contribution >= 4 is 17.4 Å². The van der Waals surface area contributed by atoms with Crippen LogP contribution in [0.2, 0.25) is 5.02 Å². The maximum atomic E-state index is 6.41. The van der Waals surface area contributed by atoms with Crippen molar-refractivity contribution in [3.8, 4) is 0 Å². The van der Waals surface area contributed by atoms with Crippen molar-refractivity contribution in [3.63, 3.8) is 0 Å². The number of pyridine rings is 1. The number of rotatable bonds is 5. The summed E-state index contributed by atoms with van der Waals surface area (Å²) in [6.45, 7) is 6.13. The van der Waals surface area contributed by atoms with E-state index in [2.05, 4.69) is 41.1 Å². The number of halogens is 1. The number of aromatic nitrogens is 1. The minimum atomic E-state index is 0.498. The molecule has 5 heteroatoms. The number of likely N-dealkylation sites (tertiary alicyclic amines) is 1. The average Bonchev–Trinajstić information content (AvgIpc) is 2.44. The third-order valence-electron chi connectivity index (χ3n) is 3.94. The van der Waals surface area contributed by atoms with Crippen LogP contribution in [0.5, 0.6) is 0 Å². The number of hydrogen-bond donors (Lipinski definition) is 1. The summed E-state index contributed by atoms with van der Waals surface area (Å²) in [7, 11) is 4.27. The second kappa shape index (κ2) is 7.25. The monoisotopic (exact) mass is 296 g/mol. The lowest BCUT2D eigenvalue weighted by Gasteiger charge is -2.36. The molecule has 0 amide bonds. The van der Waals surface area contributed by atoms with E-state index in [1.165, 1.54) is 19.4 Å². The highest BCUT2D eigenvalue weighted by Crippen LogP contribution is 2.27. The van der Waals surface area contributed by atoms with Gasteiger partial charge < -0.3 is 15.1 Å². The van der Waals surface area contributed by atoms with Crippen LogP contribution in [0.25, 0.3) is 0 Å². The van der Waals surface area contributed by atoms with E-state index in [1.807, 2.05) is 12.3 Å². The predicted octanol–water partition coefficient (Wildman–Crippen LogP) is 2.37. The molecule has 2 rings (SSSR count). The molecular formula is C15H25ClN4. The van der Waals surface area contributed by atoms with Crippen molar-refractivity contribution in [3.05, 3.63) is 22.8 Å². The molecule has 2 heterocycles. The van der Waals surface area contributed by atoms with Gasteiger partial charge in [-0.15, -0.1) is 0 Å². The van der Waals surface area contributed by atoms with Crippen molar-refractivity contribution in [1.29, 1.82) is 0 Å². The van der Waals surface area contributed by atoms with Crippen molar-refractivity contribution in [2.24, 2.45) is 0 Å². The van der Waals surface area contributed by atoms with Gasteiger partial charge in [0.15, 0.2) is 0 Å². The standard InChI is InChI=1S/C15H25ClN4/c1-4-17-9-12-8-14(16)15(18-10-12)20(3)13-6-5-7-19(2)11-13/h8,10,13,17H,4-7,9,11H2,1-3H3. The fourth-order valence-corrected chi connectivity index (χ4v) is 3.05. The fourth-order valence-electron chi connectivity index (χ4n) is 2.72. The molecule has 0 aliphatic carbocycles. The van der Waals surface area contributed by atoms with Crippen molar-refractivity contribution in [1.82, 2.24) is 15.2 Å². The lowest BCUT2D eigenvalue weighted by molar-refractivity contribution is 0.247. The van der Waals surface area contributed by atoms with E-state index in [-0.39, 0.29) is 0 Å². The second-order valence-corrected chi connectivity index (χ2v) is 6.01. The Morgan fingerprint density at radius 2 is 2.35 bits per heavy atom. The van der Waals surface area contributed by atoms with Crippen LogP contribution in [-0.2, 0) is 6.54 Å². The Hall–Kier alpha value is -0.840. The normalized spacial score (nSPS) is 20.1. The molecule has 1 aliphatic heterocycles. The molecule has 1 aliphatic rings. The van der Waals surface area contributed by atoms with E-state index >= 15 is 0 Å². The molecule has 4 nitrogen and oxygen atoms in total. The number of piperidine rings is 1. The number of nitrogens with one attached hydrogen (secondary N) is 1. The molecule has 0 radical (unpaired) electrons. The maximum Gasteiger partial charge on any atom is 0.147 e. The summed E-state index contributed by atoms with van der Waals surface area (Å²) in [4.78, 5) is 9.17. The topological polar surface area (TPSA) is 31.4 Å². The summed E-state index contributed by atoms with van der Waals surface area (Å²) < 4.78 is 0. The summed E-state index contributed by atoms with van der Waals surface area (Å²) in [6, 6.07) is 2.52. The van der Waals surface area contributed by atoms with Gasteiger partial charge in [-0.3, -0.25) is 0 Å². The molecule has 1 fully saturated rings. The molecule has 1 atom stereocenters. The van der Waals surface area contributed by atoms with Crippen molar-refractivity contribution in [2.45, 2.75) is 32.4 Å². The summed E-state index contributed by atoms with van der Waals surface area (Å²) >= 11 is 6.41. The largest absolute Gasteiger partial charge is 0.354 e. The molecule has 0 saturated carbocycles. The third-order valence-corrected chi connectivity index (χ3v) is 4.22. The van der Waals surface area contributed by atoms with Crippen LogP contribution in [0, 0.1) is 0 Å². The zero-order chi connectivity index (χ0) is 14.5. The quantitative estimate of drug-likeness (QED) is 0.904. The van der Waals surface area contributed by atoms with Gasteiger partial charge in [-0.25, -0.2) is 4.98 Å². The summed E-state index contributed by atoms with van der Waals surface area (Å²) in [5.41, 5.74) is 1.13. The SMILES string of the molecule is CCNCc1cnc(N(C)C2CCCN(C)C2)c(Cl)c1. The van der Waals surface area contributed by atoms with E-state index in [9.17, 15) is 0 Å². The molecule has 0 bridgehead atoms. The van der Waals surface area contributed by atoms with Gasteiger partial charge >= 0.3 is 0 Å². The molecule has 112 valence electrons. The van der Waals surface area contributed by atoms with Crippen LogP contribution < -0.4 is 10.2 Å². The third kappa shape index (κ3) is 3.84. The molecule has 0 spiro atoms. The van der Waals surface area contributed by atoms with E-state index in [4.69, 9.17) is 11.6 Å². The highest BCUT2D eigenvalue weighted by atomic mass is 35.5. The van der Waals surface area contributed by atoms with Gasteiger partial charge in [0.1, 0.15) is 5.82 Å². The van der Waals surface area contributed by atoms with Gasteiger partial charge in [0.25, 0.3) is 0 Å². The molecule has 1 saturated heterocycles. The Bertz CT molecular complexity index is 438. The van der Waals surface area contributed by atoms with Crippen LogP contribution in [-0.4, -0.2) is 49.7 Å². The van der Waals surface area contributed by atoms with Crippen LogP contribution in [0.3, 0.4) is 0 Å². The van der Waals surface area contributed by atoms with Gasteiger partial charge in [-0.2, -0.15) is 0 Å². The van der Waals surface area contributed by atoms with E-state index in [1.54, 1.807) is 0 Å². The van der Waals surface area contributed by atoms with Gasteiger partial charge in [-0.05, 0) is 44.6 Å². The first-order valence-corrected chi connectivity index (χ1v) is 7.76. The predicted molar refractivity (Wildman–Crippen MR) is 85.5 cm³/mol. The summed E-state index contributed by atoms with van der Waals surface area (Å²) in [6.07, 6.45) is 4.37. The Labute approximate surface area is 127 Å². The highest BCUT2D eigenvalue weighted by molar-refractivity contribution is 6.33. The zero-order valence-electron chi connectivity index (χ0n) is 12.7. The van der Waals surface area contributed by atoms with E-state index in [0.717, 1.165) is 36.0 Å². The number of anilines is 1. The van der Waals surface area contributed by atoms with Gasteiger partial charge in [0, 0.05) is 32.4 Å². The Morgan fingerprint density at radius 1 is 1.55 bits per heavy atom. The molecule has 1 unspecified atom stereocenters. The Morgan fingerprint density at radius 3 is 3.00 bits per heavy atom. The van der Waals surface area contributed by atoms with Crippen molar-refractivity contribution < 1.29 is 0 Å². The molecule has 1 N–H and O–H groups in total. The first-order valence-electron chi connectivity index (χ1n) is 7.38.